The zero-order chi connectivity index (χ0) is 14.9. The van der Waals surface area contributed by atoms with Gasteiger partial charge in [-0.1, -0.05) is 41.9 Å². The van der Waals surface area contributed by atoms with Gasteiger partial charge in [0.05, 0.1) is 17.2 Å². The highest BCUT2D eigenvalue weighted by molar-refractivity contribution is 9.10. The monoisotopic (exact) mass is 360 g/mol. The molecule has 0 spiro atoms. The fourth-order valence-corrected chi connectivity index (χ4v) is 3.39. The summed E-state index contributed by atoms with van der Waals surface area (Å²) in [6, 6.07) is 18.5. The summed E-state index contributed by atoms with van der Waals surface area (Å²) in [5.74, 6) is 0. The highest BCUT2D eigenvalue weighted by Crippen LogP contribution is 2.45. The van der Waals surface area contributed by atoms with Gasteiger partial charge in [0.25, 0.3) is 0 Å². The van der Waals surface area contributed by atoms with E-state index in [1.807, 2.05) is 48.5 Å². The molecule has 0 aliphatic heterocycles. The molecule has 0 saturated heterocycles. The maximum Gasteiger partial charge on any atom is 0.0861 e. The van der Waals surface area contributed by atoms with Crippen LogP contribution in [0.25, 0.3) is 0 Å². The Labute approximate surface area is 137 Å². The predicted octanol–water partition coefficient (Wildman–Crippen LogP) is 5.14. The van der Waals surface area contributed by atoms with Crippen LogP contribution in [-0.2, 0) is 5.41 Å². The lowest BCUT2D eigenvalue weighted by molar-refractivity contribution is 0.289. The van der Waals surface area contributed by atoms with Gasteiger partial charge in [0, 0.05) is 15.5 Å². The molecule has 2 nitrogen and oxygen atoms in total. The second-order valence-corrected chi connectivity index (χ2v) is 6.72. The summed E-state index contributed by atoms with van der Waals surface area (Å²) in [6.07, 6.45) is 1.62. The van der Waals surface area contributed by atoms with Crippen LogP contribution in [0.15, 0.2) is 53.0 Å². The lowest BCUT2D eigenvalue weighted by atomic mass is 9.62. The molecule has 0 heterocycles. The van der Waals surface area contributed by atoms with Crippen LogP contribution in [0, 0.1) is 11.3 Å². The Balaban J connectivity index is 1.73. The van der Waals surface area contributed by atoms with E-state index in [0.29, 0.717) is 11.1 Å². The molecule has 2 aromatic rings. The smallest absolute Gasteiger partial charge is 0.0861 e. The van der Waals surface area contributed by atoms with Crippen molar-refractivity contribution >= 4 is 33.2 Å². The van der Waals surface area contributed by atoms with Gasteiger partial charge in [-0.15, -0.1) is 0 Å². The Hall–Kier alpha value is -1.50. The Bertz CT molecular complexity index is 688. The van der Waals surface area contributed by atoms with Crippen molar-refractivity contribution in [3.05, 3.63) is 63.6 Å². The van der Waals surface area contributed by atoms with E-state index in [0.717, 1.165) is 28.6 Å². The average Bonchev–Trinajstić information content (AvgIpc) is 2.47. The van der Waals surface area contributed by atoms with Crippen LogP contribution in [0.3, 0.4) is 0 Å². The molecule has 21 heavy (non-hydrogen) atoms. The van der Waals surface area contributed by atoms with E-state index in [4.69, 9.17) is 11.6 Å². The van der Waals surface area contributed by atoms with Crippen molar-refractivity contribution < 1.29 is 0 Å². The van der Waals surface area contributed by atoms with Crippen LogP contribution in [0.4, 0.5) is 5.69 Å². The van der Waals surface area contributed by atoms with Gasteiger partial charge in [0.2, 0.25) is 0 Å². The molecule has 0 atom stereocenters. The van der Waals surface area contributed by atoms with Gasteiger partial charge in [-0.2, -0.15) is 5.26 Å². The van der Waals surface area contributed by atoms with E-state index >= 15 is 0 Å². The van der Waals surface area contributed by atoms with Crippen molar-refractivity contribution in [3.63, 3.8) is 0 Å². The van der Waals surface area contributed by atoms with E-state index in [2.05, 4.69) is 27.3 Å². The third-order valence-electron chi connectivity index (χ3n) is 4.02. The fraction of sp³-hybridized carbons (Fsp3) is 0.235. The minimum Gasteiger partial charge on any atom is -0.381 e. The quantitative estimate of drug-likeness (QED) is 0.821. The molecule has 4 heteroatoms. The average molecular weight is 362 g/mol. The SMILES string of the molecule is N#CC1(c2ccccc2)CC(Nc2cc(Cl)ccc2Br)C1. The molecule has 2 aromatic carbocycles. The fourth-order valence-electron chi connectivity index (χ4n) is 2.86. The second-order valence-electron chi connectivity index (χ2n) is 5.43. The summed E-state index contributed by atoms with van der Waals surface area (Å²) in [5, 5.41) is 13.7. The zero-order valence-corrected chi connectivity index (χ0v) is 13.7. The number of halogens is 2. The molecule has 0 radical (unpaired) electrons. The first-order valence-electron chi connectivity index (χ1n) is 6.81. The van der Waals surface area contributed by atoms with Crippen LogP contribution >= 0.6 is 27.5 Å². The number of anilines is 1. The number of hydrogen-bond donors (Lipinski definition) is 1. The van der Waals surface area contributed by atoms with E-state index < -0.39 is 0 Å². The molecule has 106 valence electrons. The van der Waals surface area contributed by atoms with Gasteiger partial charge in [0.1, 0.15) is 0 Å². The number of rotatable bonds is 3. The number of nitrogens with zero attached hydrogens (tertiary/aromatic N) is 1. The van der Waals surface area contributed by atoms with E-state index in [-0.39, 0.29) is 5.41 Å². The first kappa shape index (κ1) is 14.4. The number of nitrogens with one attached hydrogen (secondary N) is 1. The van der Waals surface area contributed by atoms with Crippen LogP contribution in [0.1, 0.15) is 18.4 Å². The molecule has 1 N–H and O–H groups in total. The van der Waals surface area contributed by atoms with Gasteiger partial charge >= 0.3 is 0 Å². The summed E-state index contributed by atoms with van der Waals surface area (Å²) in [6.45, 7) is 0. The molecule has 0 aromatic heterocycles. The normalized spacial score (nSPS) is 24.0. The Morgan fingerprint density at radius 3 is 2.57 bits per heavy atom. The second kappa shape index (κ2) is 5.71. The summed E-state index contributed by atoms with van der Waals surface area (Å²) < 4.78 is 0.987. The molecule has 1 aliphatic carbocycles. The van der Waals surface area contributed by atoms with E-state index in [1.165, 1.54) is 0 Å². The topological polar surface area (TPSA) is 35.8 Å². The maximum absolute atomic E-state index is 9.56. The Morgan fingerprint density at radius 1 is 1.19 bits per heavy atom. The highest BCUT2D eigenvalue weighted by Gasteiger charge is 2.46. The van der Waals surface area contributed by atoms with Crippen LogP contribution < -0.4 is 5.32 Å². The molecular weight excluding hydrogens is 348 g/mol. The minimum atomic E-state index is -0.357. The number of benzene rings is 2. The molecular formula is C17H14BrClN2. The molecule has 0 amide bonds. The van der Waals surface area contributed by atoms with Gasteiger partial charge in [-0.25, -0.2) is 0 Å². The number of nitriles is 1. The van der Waals surface area contributed by atoms with E-state index in [1.54, 1.807) is 0 Å². The summed E-state index contributed by atoms with van der Waals surface area (Å²) in [5.41, 5.74) is 1.73. The Morgan fingerprint density at radius 2 is 1.90 bits per heavy atom. The van der Waals surface area contributed by atoms with E-state index in [9.17, 15) is 5.26 Å². The standard InChI is InChI=1S/C17H14BrClN2/c18-15-7-6-13(19)8-16(15)21-14-9-17(10-14,11-20)12-4-2-1-3-5-12/h1-8,14,21H,9-10H2. The highest BCUT2D eigenvalue weighted by atomic mass is 79.9. The number of hydrogen-bond acceptors (Lipinski definition) is 2. The van der Waals surface area contributed by atoms with Gasteiger partial charge in [-0.3, -0.25) is 0 Å². The molecule has 1 saturated carbocycles. The van der Waals surface area contributed by atoms with Gasteiger partial charge in [0.15, 0.2) is 0 Å². The van der Waals surface area contributed by atoms with Crippen LogP contribution in [-0.4, -0.2) is 6.04 Å². The summed E-state index contributed by atoms with van der Waals surface area (Å²) >= 11 is 9.54. The van der Waals surface area contributed by atoms with Gasteiger partial charge < -0.3 is 5.32 Å². The Kier molecular flexibility index (Phi) is 3.93. The third kappa shape index (κ3) is 2.79. The molecule has 3 rings (SSSR count). The lowest BCUT2D eigenvalue weighted by Crippen LogP contribution is -2.47. The summed E-state index contributed by atoms with van der Waals surface area (Å²) in [4.78, 5) is 0. The molecule has 1 aliphatic rings. The van der Waals surface area contributed by atoms with Crippen molar-refractivity contribution in [2.75, 3.05) is 5.32 Å². The van der Waals surface area contributed by atoms with Crippen molar-refractivity contribution in [1.82, 2.24) is 0 Å². The maximum atomic E-state index is 9.56. The van der Waals surface area contributed by atoms with Crippen molar-refractivity contribution in [2.24, 2.45) is 0 Å². The first-order valence-corrected chi connectivity index (χ1v) is 7.98. The van der Waals surface area contributed by atoms with Crippen LogP contribution in [0.5, 0.6) is 0 Å². The zero-order valence-electron chi connectivity index (χ0n) is 11.3. The van der Waals surface area contributed by atoms with Gasteiger partial charge in [-0.05, 0) is 52.5 Å². The minimum absolute atomic E-state index is 0.291. The molecule has 0 bridgehead atoms. The van der Waals surface area contributed by atoms with Crippen molar-refractivity contribution in [3.8, 4) is 6.07 Å². The lowest BCUT2D eigenvalue weighted by Gasteiger charge is -2.43. The summed E-state index contributed by atoms with van der Waals surface area (Å²) in [7, 11) is 0. The van der Waals surface area contributed by atoms with Crippen LogP contribution in [0.2, 0.25) is 5.02 Å². The predicted molar refractivity (Wildman–Crippen MR) is 89.5 cm³/mol. The third-order valence-corrected chi connectivity index (χ3v) is 4.94. The molecule has 0 unspecified atom stereocenters. The van der Waals surface area contributed by atoms with Crippen molar-refractivity contribution in [2.45, 2.75) is 24.3 Å². The first-order chi connectivity index (χ1) is 10.1. The molecule has 1 fully saturated rings. The largest absolute Gasteiger partial charge is 0.381 e. The van der Waals surface area contributed by atoms with Crippen molar-refractivity contribution in [1.29, 1.82) is 5.26 Å².